The zero-order valence-electron chi connectivity index (χ0n) is 11.8. The molecule has 1 aliphatic rings. The molecule has 1 aromatic carbocycles. The number of nitrogens with two attached hydrogens (primary N) is 1. The van der Waals surface area contributed by atoms with Crippen LogP contribution in [0.3, 0.4) is 0 Å². The molecule has 0 amide bonds. The van der Waals surface area contributed by atoms with Gasteiger partial charge < -0.3 is 5.73 Å². The van der Waals surface area contributed by atoms with Crippen LogP contribution in [0.2, 0.25) is 0 Å². The SMILES string of the molecule is Cc1cccc(S(=O)(=O)C2C(C)CC(C)CC2N)c1. The molecule has 0 aromatic heterocycles. The van der Waals surface area contributed by atoms with E-state index in [0.29, 0.717) is 10.8 Å². The Bertz CT molecular complexity index is 541. The zero-order valence-corrected chi connectivity index (χ0v) is 12.7. The topological polar surface area (TPSA) is 60.2 Å². The highest BCUT2D eigenvalue weighted by Gasteiger charge is 2.41. The Morgan fingerprint density at radius 1 is 1.21 bits per heavy atom. The van der Waals surface area contributed by atoms with Crippen molar-refractivity contribution in [2.75, 3.05) is 0 Å². The zero-order chi connectivity index (χ0) is 14.2. The van der Waals surface area contributed by atoms with Crippen LogP contribution in [0, 0.1) is 18.8 Å². The van der Waals surface area contributed by atoms with Crippen molar-refractivity contribution in [2.45, 2.75) is 49.8 Å². The van der Waals surface area contributed by atoms with E-state index < -0.39 is 15.1 Å². The first-order chi connectivity index (χ1) is 8.82. The summed E-state index contributed by atoms with van der Waals surface area (Å²) in [7, 11) is -3.33. The molecule has 0 saturated heterocycles. The highest BCUT2D eigenvalue weighted by Crippen LogP contribution is 2.35. The molecule has 1 fully saturated rings. The lowest BCUT2D eigenvalue weighted by Gasteiger charge is -2.37. The highest BCUT2D eigenvalue weighted by molar-refractivity contribution is 7.92. The molecule has 4 unspecified atom stereocenters. The van der Waals surface area contributed by atoms with Crippen LogP contribution >= 0.6 is 0 Å². The van der Waals surface area contributed by atoms with Crippen molar-refractivity contribution < 1.29 is 8.42 Å². The molecule has 0 spiro atoms. The number of rotatable bonds is 2. The molecule has 0 heterocycles. The van der Waals surface area contributed by atoms with E-state index >= 15 is 0 Å². The average molecular weight is 281 g/mol. The van der Waals surface area contributed by atoms with Gasteiger partial charge in [0.2, 0.25) is 0 Å². The summed E-state index contributed by atoms with van der Waals surface area (Å²) in [5.41, 5.74) is 7.11. The third-order valence-electron chi connectivity index (χ3n) is 4.11. The van der Waals surface area contributed by atoms with Crippen LogP contribution in [0.5, 0.6) is 0 Å². The highest BCUT2D eigenvalue weighted by atomic mass is 32.2. The van der Waals surface area contributed by atoms with E-state index in [4.69, 9.17) is 5.73 Å². The molecule has 1 saturated carbocycles. The Kier molecular flexibility index (Phi) is 4.02. The van der Waals surface area contributed by atoms with Gasteiger partial charge in [-0.05, 0) is 49.3 Å². The fraction of sp³-hybridized carbons (Fsp3) is 0.600. The van der Waals surface area contributed by atoms with Gasteiger partial charge in [-0.2, -0.15) is 0 Å². The molecular weight excluding hydrogens is 258 g/mol. The van der Waals surface area contributed by atoms with E-state index in [1.807, 2.05) is 19.9 Å². The molecule has 0 aliphatic heterocycles. The van der Waals surface area contributed by atoms with Crippen LogP contribution in [-0.4, -0.2) is 19.7 Å². The minimum absolute atomic E-state index is 0.115. The summed E-state index contributed by atoms with van der Waals surface area (Å²) in [5.74, 6) is 0.623. The maximum absolute atomic E-state index is 12.8. The van der Waals surface area contributed by atoms with Crippen molar-refractivity contribution in [2.24, 2.45) is 17.6 Å². The van der Waals surface area contributed by atoms with Crippen molar-refractivity contribution in [3.8, 4) is 0 Å². The largest absolute Gasteiger partial charge is 0.326 e. The van der Waals surface area contributed by atoms with Crippen molar-refractivity contribution in [3.63, 3.8) is 0 Å². The van der Waals surface area contributed by atoms with Gasteiger partial charge in [0.1, 0.15) is 0 Å². The average Bonchev–Trinajstić information content (AvgIpc) is 2.26. The van der Waals surface area contributed by atoms with Gasteiger partial charge in [0.05, 0.1) is 10.1 Å². The molecule has 3 nitrogen and oxygen atoms in total. The number of hydrogen-bond acceptors (Lipinski definition) is 3. The van der Waals surface area contributed by atoms with Crippen molar-refractivity contribution in [1.82, 2.24) is 0 Å². The number of benzene rings is 1. The number of sulfone groups is 1. The maximum atomic E-state index is 12.8. The van der Waals surface area contributed by atoms with Gasteiger partial charge in [0, 0.05) is 6.04 Å². The minimum Gasteiger partial charge on any atom is -0.326 e. The van der Waals surface area contributed by atoms with Gasteiger partial charge in [-0.15, -0.1) is 0 Å². The maximum Gasteiger partial charge on any atom is 0.183 e. The smallest absolute Gasteiger partial charge is 0.183 e. The summed E-state index contributed by atoms with van der Waals surface area (Å²) in [6, 6.07) is 6.87. The lowest BCUT2D eigenvalue weighted by atomic mass is 9.80. The lowest BCUT2D eigenvalue weighted by molar-refractivity contribution is 0.271. The molecule has 4 atom stereocenters. The van der Waals surface area contributed by atoms with Crippen LogP contribution in [0.4, 0.5) is 0 Å². The van der Waals surface area contributed by atoms with Gasteiger partial charge in [0.25, 0.3) is 0 Å². The Hall–Kier alpha value is -0.870. The van der Waals surface area contributed by atoms with Gasteiger partial charge >= 0.3 is 0 Å². The molecule has 4 heteroatoms. The first-order valence-corrected chi connectivity index (χ1v) is 8.43. The predicted molar refractivity (Wildman–Crippen MR) is 77.7 cm³/mol. The van der Waals surface area contributed by atoms with Gasteiger partial charge in [0.15, 0.2) is 9.84 Å². The van der Waals surface area contributed by atoms with E-state index in [1.165, 1.54) is 0 Å². The molecule has 2 rings (SSSR count). The molecule has 106 valence electrons. The fourth-order valence-electron chi connectivity index (χ4n) is 3.37. The number of aryl methyl sites for hydroxylation is 1. The summed E-state index contributed by atoms with van der Waals surface area (Å²) in [6.45, 7) is 6.06. The normalized spacial score (nSPS) is 32.2. The monoisotopic (exact) mass is 281 g/mol. The van der Waals surface area contributed by atoms with E-state index in [2.05, 4.69) is 6.92 Å². The van der Waals surface area contributed by atoms with Crippen LogP contribution in [0.1, 0.15) is 32.3 Å². The fourth-order valence-corrected chi connectivity index (χ4v) is 5.60. The molecule has 1 aromatic rings. The summed E-state index contributed by atoms with van der Waals surface area (Å²) < 4.78 is 25.6. The molecule has 19 heavy (non-hydrogen) atoms. The van der Waals surface area contributed by atoms with Crippen molar-refractivity contribution in [3.05, 3.63) is 29.8 Å². The summed E-state index contributed by atoms with van der Waals surface area (Å²) in [4.78, 5) is 0.411. The standard InChI is InChI=1S/C15H23NO2S/c1-10-5-4-6-13(8-10)19(17,18)15-12(3)7-11(2)9-14(15)16/h4-6,8,11-12,14-15H,7,9,16H2,1-3H3. The van der Waals surface area contributed by atoms with E-state index in [1.54, 1.807) is 18.2 Å². The van der Waals surface area contributed by atoms with Crippen molar-refractivity contribution >= 4 is 9.84 Å². The van der Waals surface area contributed by atoms with Gasteiger partial charge in [-0.1, -0.05) is 26.0 Å². The Labute approximate surface area is 116 Å². The van der Waals surface area contributed by atoms with Crippen LogP contribution in [0.15, 0.2) is 29.2 Å². The lowest BCUT2D eigenvalue weighted by Crippen LogP contribution is -2.49. The molecule has 0 bridgehead atoms. The molecule has 1 aliphatic carbocycles. The summed E-state index contributed by atoms with van der Waals surface area (Å²) >= 11 is 0. The summed E-state index contributed by atoms with van der Waals surface area (Å²) in [5, 5.41) is -0.453. The van der Waals surface area contributed by atoms with Gasteiger partial charge in [-0.25, -0.2) is 8.42 Å². The number of hydrogen-bond donors (Lipinski definition) is 1. The molecule has 0 radical (unpaired) electrons. The second-order valence-corrected chi connectivity index (χ2v) is 8.15. The van der Waals surface area contributed by atoms with Crippen LogP contribution in [-0.2, 0) is 9.84 Å². The van der Waals surface area contributed by atoms with Crippen LogP contribution in [0.25, 0.3) is 0 Å². The molecule has 2 N–H and O–H groups in total. The second kappa shape index (κ2) is 5.25. The Morgan fingerprint density at radius 2 is 1.89 bits per heavy atom. The van der Waals surface area contributed by atoms with E-state index in [0.717, 1.165) is 18.4 Å². The Morgan fingerprint density at radius 3 is 2.47 bits per heavy atom. The van der Waals surface area contributed by atoms with Gasteiger partial charge in [-0.3, -0.25) is 0 Å². The minimum atomic E-state index is -3.33. The third kappa shape index (κ3) is 2.84. The van der Waals surface area contributed by atoms with E-state index in [-0.39, 0.29) is 12.0 Å². The first-order valence-electron chi connectivity index (χ1n) is 6.88. The third-order valence-corrected chi connectivity index (χ3v) is 6.55. The first kappa shape index (κ1) is 14.5. The summed E-state index contributed by atoms with van der Waals surface area (Å²) in [6.07, 6.45) is 1.73. The Balaban J connectivity index is 2.39. The quantitative estimate of drug-likeness (QED) is 0.906. The predicted octanol–water partition coefficient (Wildman–Crippen LogP) is 2.53. The van der Waals surface area contributed by atoms with E-state index in [9.17, 15) is 8.42 Å². The molecular formula is C15H23NO2S. The second-order valence-electron chi connectivity index (χ2n) is 6.04. The van der Waals surface area contributed by atoms with Crippen LogP contribution < -0.4 is 5.73 Å². The van der Waals surface area contributed by atoms with Crippen molar-refractivity contribution in [1.29, 1.82) is 0 Å².